The first-order valence-corrected chi connectivity index (χ1v) is 9.51. The van der Waals surface area contributed by atoms with Gasteiger partial charge in [-0.05, 0) is 19.4 Å². The first-order chi connectivity index (χ1) is 13.7. The molecule has 2 aliphatic heterocycles. The van der Waals surface area contributed by atoms with Gasteiger partial charge in [0, 0.05) is 68.0 Å². The van der Waals surface area contributed by atoms with Crippen LogP contribution in [-0.4, -0.2) is 44.6 Å². The average Bonchev–Trinajstić information content (AvgIpc) is 2.67. The first kappa shape index (κ1) is 17.0. The third-order valence-corrected chi connectivity index (χ3v) is 5.45. The molecule has 2 aliphatic rings. The van der Waals surface area contributed by atoms with Crippen LogP contribution in [0.15, 0.2) is 36.8 Å². The molecule has 1 saturated heterocycles. The normalized spacial score (nSPS) is 18.6. The maximum absolute atomic E-state index is 14.2. The molecular formula is C20H20FN7. The monoisotopic (exact) mass is 377 g/mol. The number of pyridine rings is 1. The van der Waals surface area contributed by atoms with Crippen LogP contribution in [0.5, 0.6) is 0 Å². The van der Waals surface area contributed by atoms with Crippen molar-refractivity contribution in [3.63, 3.8) is 0 Å². The van der Waals surface area contributed by atoms with Crippen LogP contribution in [0.1, 0.15) is 30.6 Å². The van der Waals surface area contributed by atoms with Crippen LogP contribution >= 0.6 is 0 Å². The van der Waals surface area contributed by atoms with Crippen molar-refractivity contribution in [3.8, 4) is 11.6 Å². The molecule has 28 heavy (non-hydrogen) atoms. The molecule has 3 aromatic heterocycles. The molecule has 1 unspecified atom stereocenters. The van der Waals surface area contributed by atoms with Crippen LogP contribution in [0.25, 0.3) is 11.6 Å². The Morgan fingerprint density at radius 3 is 2.57 bits per heavy atom. The van der Waals surface area contributed by atoms with Crippen molar-refractivity contribution in [3.05, 3.63) is 54.0 Å². The van der Waals surface area contributed by atoms with Gasteiger partial charge in [0.05, 0.1) is 11.7 Å². The Bertz CT molecular complexity index is 1010. The molecular weight excluding hydrogens is 357 g/mol. The second kappa shape index (κ2) is 6.78. The largest absolute Gasteiger partial charge is 0.364 e. The van der Waals surface area contributed by atoms with Crippen LogP contribution in [0, 0.1) is 5.95 Å². The molecule has 0 spiro atoms. The molecule has 0 aliphatic carbocycles. The Balaban J connectivity index is 1.46. The zero-order valence-electron chi connectivity index (χ0n) is 15.6. The molecule has 7 nitrogen and oxygen atoms in total. The average molecular weight is 377 g/mol. The van der Waals surface area contributed by atoms with E-state index in [0.717, 1.165) is 49.4 Å². The number of aromatic nitrogens is 5. The standard InChI is InChI=1S/C20H20FN7/c1-13-15-12-24-20(19-22-5-2-6-23-19)25-16(15)4-9-28(13)14-10-17(21)26-18(11-14)27-7-3-8-27/h2,5-6,10-13H,3-4,7-9H2,1H3. The van der Waals surface area contributed by atoms with E-state index in [4.69, 9.17) is 4.98 Å². The highest BCUT2D eigenvalue weighted by Gasteiger charge is 2.28. The molecule has 0 aromatic carbocycles. The Labute approximate surface area is 162 Å². The van der Waals surface area contributed by atoms with Gasteiger partial charge in [0.15, 0.2) is 11.6 Å². The van der Waals surface area contributed by atoms with Crippen molar-refractivity contribution in [1.82, 2.24) is 24.9 Å². The van der Waals surface area contributed by atoms with Crippen molar-refractivity contribution in [1.29, 1.82) is 0 Å². The molecule has 5 heterocycles. The van der Waals surface area contributed by atoms with Gasteiger partial charge < -0.3 is 9.80 Å². The predicted octanol–water partition coefficient (Wildman–Crippen LogP) is 2.80. The fraction of sp³-hybridized carbons (Fsp3) is 0.350. The first-order valence-electron chi connectivity index (χ1n) is 9.51. The fourth-order valence-electron chi connectivity index (χ4n) is 3.78. The quantitative estimate of drug-likeness (QED) is 0.650. The summed E-state index contributed by atoms with van der Waals surface area (Å²) in [6.07, 6.45) is 7.10. The van der Waals surface area contributed by atoms with Crippen molar-refractivity contribution in [2.75, 3.05) is 29.4 Å². The summed E-state index contributed by atoms with van der Waals surface area (Å²) in [5.74, 6) is 1.34. The summed E-state index contributed by atoms with van der Waals surface area (Å²) in [4.78, 5) is 26.0. The number of hydrogen-bond donors (Lipinski definition) is 0. The molecule has 142 valence electrons. The highest BCUT2D eigenvalue weighted by Crippen LogP contribution is 2.35. The lowest BCUT2D eigenvalue weighted by molar-refractivity contribution is 0.557. The molecule has 0 N–H and O–H groups in total. The van der Waals surface area contributed by atoms with Gasteiger partial charge in [0.1, 0.15) is 5.82 Å². The minimum Gasteiger partial charge on any atom is -0.364 e. The summed E-state index contributed by atoms with van der Waals surface area (Å²) in [5, 5.41) is 0. The number of anilines is 2. The molecule has 0 saturated carbocycles. The number of fused-ring (bicyclic) bond motifs is 1. The Morgan fingerprint density at radius 2 is 1.82 bits per heavy atom. The zero-order chi connectivity index (χ0) is 19.1. The predicted molar refractivity (Wildman–Crippen MR) is 104 cm³/mol. The van der Waals surface area contributed by atoms with E-state index in [2.05, 4.69) is 36.7 Å². The van der Waals surface area contributed by atoms with Gasteiger partial charge in [0.25, 0.3) is 0 Å². The Kier molecular flexibility index (Phi) is 4.11. The minimum atomic E-state index is -0.440. The highest BCUT2D eigenvalue weighted by atomic mass is 19.1. The van der Waals surface area contributed by atoms with Crippen molar-refractivity contribution in [2.24, 2.45) is 0 Å². The zero-order valence-corrected chi connectivity index (χ0v) is 15.6. The molecule has 5 rings (SSSR count). The third-order valence-electron chi connectivity index (χ3n) is 5.45. The van der Waals surface area contributed by atoms with Crippen LogP contribution in [0.3, 0.4) is 0 Å². The van der Waals surface area contributed by atoms with Crippen molar-refractivity contribution in [2.45, 2.75) is 25.8 Å². The molecule has 3 aromatic rings. The molecule has 0 amide bonds. The second-order valence-corrected chi connectivity index (χ2v) is 7.13. The molecule has 1 fully saturated rings. The van der Waals surface area contributed by atoms with E-state index in [1.807, 2.05) is 12.3 Å². The van der Waals surface area contributed by atoms with Gasteiger partial charge in [0.2, 0.25) is 5.95 Å². The van der Waals surface area contributed by atoms with Gasteiger partial charge in [-0.3, -0.25) is 0 Å². The number of halogens is 1. The Hall–Kier alpha value is -3.16. The van der Waals surface area contributed by atoms with Gasteiger partial charge in [-0.2, -0.15) is 4.39 Å². The van der Waals surface area contributed by atoms with E-state index >= 15 is 0 Å². The third kappa shape index (κ3) is 2.94. The van der Waals surface area contributed by atoms with Crippen LogP contribution in [0.4, 0.5) is 15.9 Å². The van der Waals surface area contributed by atoms with Crippen molar-refractivity contribution < 1.29 is 4.39 Å². The maximum Gasteiger partial charge on any atom is 0.216 e. The second-order valence-electron chi connectivity index (χ2n) is 7.13. The SMILES string of the molecule is CC1c2cnc(-c3ncccn3)nc2CCN1c1cc(F)nc(N2CCC2)c1. The van der Waals surface area contributed by atoms with Gasteiger partial charge >= 0.3 is 0 Å². The molecule has 0 radical (unpaired) electrons. The molecule has 0 bridgehead atoms. The summed E-state index contributed by atoms with van der Waals surface area (Å²) in [6, 6.07) is 5.30. The lowest BCUT2D eigenvalue weighted by Crippen LogP contribution is -2.38. The topological polar surface area (TPSA) is 70.9 Å². The van der Waals surface area contributed by atoms with E-state index in [1.54, 1.807) is 18.5 Å². The summed E-state index contributed by atoms with van der Waals surface area (Å²) in [5.41, 5.74) is 2.90. The summed E-state index contributed by atoms with van der Waals surface area (Å²) < 4.78 is 14.2. The van der Waals surface area contributed by atoms with Gasteiger partial charge in [-0.1, -0.05) is 0 Å². The van der Waals surface area contributed by atoms with Gasteiger partial charge in [-0.15, -0.1) is 0 Å². The van der Waals surface area contributed by atoms with Crippen LogP contribution in [-0.2, 0) is 6.42 Å². The lowest BCUT2D eigenvalue weighted by atomic mass is 9.99. The van der Waals surface area contributed by atoms with Crippen LogP contribution in [0.2, 0.25) is 0 Å². The van der Waals surface area contributed by atoms with Gasteiger partial charge in [-0.25, -0.2) is 24.9 Å². The van der Waals surface area contributed by atoms with E-state index < -0.39 is 5.95 Å². The fourth-order valence-corrected chi connectivity index (χ4v) is 3.78. The van der Waals surface area contributed by atoms with E-state index in [9.17, 15) is 4.39 Å². The smallest absolute Gasteiger partial charge is 0.216 e. The number of hydrogen-bond acceptors (Lipinski definition) is 7. The molecule has 8 heteroatoms. The van der Waals surface area contributed by atoms with E-state index in [0.29, 0.717) is 17.5 Å². The number of nitrogens with zero attached hydrogens (tertiary/aromatic N) is 7. The van der Waals surface area contributed by atoms with Crippen molar-refractivity contribution >= 4 is 11.5 Å². The highest BCUT2D eigenvalue weighted by molar-refractivity contribution is 5.58. The molecule has 1 atom stereocenters. The summed E-state index contributed by atoms with van der Waals surface area (Å²) in [7, 11) is 0. The number of rotatable bonds is 3. The van der Waals surface area contributed by atoms with Crippen LogP contribution < -0.4 is 9.80 Å². The summed E-state index contributed by atoms with van der Waals surface area (Å²) in [6.45, 7) is 4.73. The maximum atomic E-state index is 14.2. The van der Waals surface area contributed by atoms with E-state index in [1.165, 1.54) is 6.07 Å². The Morgan fingerprint density at radius 1 is 1.00 bits per heavy atom. The lowest BCUT2D eigenvalue weighted by Gasteiger charge is -2.37. The minimum absolute atomic E-state index is 0.0422. The van der Waals surface area contributed by atoms with E-state index in [-0.39, 0.29) is 6.04 Å². The summed E-state index contributed by atoms with van der Waals surface area (Å²) >= 11 is 0.